The van der Waals surface area contributed by atoms with Crippen molar-refractivity contribution in [1.82, 2.24) is 9.55 Å². The summed E-state index contributed by atoms with van der Waals surface area (Å²) in [6.07, 6.45) is 0.996. The molecule has 1 amide bonds. The first-order valence-electron chi connectivity index (χ1n) is 8.95. The summed E-state index contributed by atoms with van der Waals surface area (Å²) in [5.74, 6) is -0.985. The normalized spacial score (nSPS) is 11.3. The van der Waals surface area contributed by atoms with Gasteiger partial charge in [0.25, 0.3) is 11.5 Å². The maximum absolute atomic E-state index is 13.1. The van der Waals surface area contributed by atoms with Gasteiger partial charge in [0.1, 0.15) is 5.82 Å². The third-order valence-corrected chi connectivity index (χ3v) is 6.07. The fourth-order valence-corrected chi connectivity index (χ4v) is 3.85. The van der Waals surface area contributed by atoms with E-state index in [1.54, 1.807) is 24.3 Å². The standard InChI is InChI=1S/C20H19ClN4O5S/c1-24(19(27)14-10-13(31(2,29)30)8-9-15(14)21)16-17(22)25(20(28)23-18(16)26)11-12-6-4-3-5-7-12/h3-10H,11,22H2,1-2H3,(H,23,26,28). The molecule has 0 bridgehead atoms. The molecule has 3 aromatic rings. The molecule has 0 aliphatic rings. The monoisotopic (exact) mass is 462 g/mol. The summed E-state index contributed by atoms with van der Waals surface area (Å²) in [5.41, 5.74) is 4.88. The fraction of sp³-hybridized carbons (Fsp3) is 0.150. The number of H-pyrrole nitrogens is 1. The quantitative estimate of drug-likeness (QED) is 0.589. The van der Waals surface area contributed by atoms with Gasteiger partial charge in [-0.3, -0.25) is 19.1 Å². The third kappa shape index (κ3) is 4.54. The number of hydrogen-bond donors (Lipinski definition) is 2. The van der Waals surface area contributed by atoms with Gasteiger partial charge in [-0.25, -0.2) is 13.2 Å². The average Bonchev–Trinajstić information content (AvgIpc) is 2.70. The van der Waals surface area contributed by atoms with Gasteiger partial charge in [-0.05, 0) is 23.8 Å². The number of nitrogens with two attached hydrogens (primary N) is 1. The fourth-order valence-electron chi connectivity index (χ4n) is 3.01. The molecule has 1 aromatic heterocycles. The summed E-state index contributed by atoms with van der Waals surface area (Å²) >= 11 is 6.10. The Morgan fingerprint density at radius 2 is 1.81 bits per heavy atom. The zero-order valence-corrected chi connectivity index (χ0v) is 18.2. The van der Waals surface area contributed by atoms with Crippen molar-refractivity contribution in [1.29, 1.82) is 0 Å². The van der Waals surface area contributed by atoms with E-state index in [0.29, 0.717) is 0 Å². The van der Waals surface area contributed by atoms with Crippen LogP contribution in [0.25, 0.3) is 0 Å². The molecule has 1 heterocycles. The summed E-state index contributed by atoms with van der Waals surface area (Å²) in [6, 6.07) is 12.6. The second-order valence-corrected chi connectivity index (χ2v) is 9.27. The highest BCUT2D eigenvalue weighted by atomic mass is 35.5. The van der Waals surface area contributed by atoms with Crippen LogP contribution in [0.5, 0.6) is 0 Å². The van der Waals surface area contributed by atoms with Gasteiger partial charge in [0, 0.05) is 13.3 Å². The van der Waals surface area contributed by atoms with E-state index in [2.05, 4.69) is 4.98 Å². The zero-order chi connectivity index (χ0) is 22.9. The van der Waals surface area contributed by atoms with Crippen molar-refractivity contribution < 1.29 is 13.2 Å². The summed E-state index contributed by atoms with van der Waals surface area (Å²) in [5, 5.41) is -0.00291. The van der Waals surface area contributed by atoms with Gasteiger partial charge < -0.3 is 10.6 Å². The highest BCUT2D eigenvalue weighted by Gasteiger charge is 2.24. The van der Waals surface area contributed by atoms with Crippen LogP contribution in [0, 0.1) is 0 Å². The summed E-state index contributed by atoms with van der Waals surface area (Å²) in [7, 11) is -2.31. The summed E-state index contributed by atoms with van der Waals surface area (Å²) in [6.45, 7) is 0.0711. The Morgan fingerprint density at radius 3 is 2.42 bits per heavy atom. The largest absolute Gasteiger partial charge is 0.383 e. The first-order chi connectivity index (χ1) is 14.5. The number of halogens is 1. The van der Waals surface area contributed by atoms with E-state index in [1.807, 2.05) is 6.07 Å². The number of aromatic amines is 1. The molecule has 0 radical (unpaired) electrons. The SMILES string of the molecule is CN(C(=O)c1cc(S(C)(=O)=O)ccc1Cl)c1c(N)n(Cc2ccccc2)c(=O)[nH]c1=O. The molecule has 9 nitrogen and oxygen atoms in total. The van der Waals surface area contributed by atoms with E-state index in [4.69, 9.17) is 17.3 Å². The van der Waals surface area contributed by atoms with E-state index in [-0.39, 0.29) is 33.5 Å². The van der Waals surface area contributed by atoms with Gasteiger partial charge in [0.2, 0.25) is 0 Å². The first kappa shape index (κ1) is 22.3. The van der Waals surface area contributed by atoms with Crippen molar-refractivity contribution in [3.05, 3.63) is 85.5 Å². The van der Waals surface area contributed by atoms with E-state index in [0.717, 1.165) is 27.4 Å². The number of aromatic nitrogens is 2. The van der Waals surface area contributed by atoms with Crippen LogP contribution in [0.2, 0.25) is 5.02 Å². The maximum atomic E-state index is 13.1. The van der Waals surface area contributed by atoms with Gasteiger partial charge in [0.05, 0.1) is 22.0 Å². The van der Waals surface area contributed by atoms with Crippen molar-refractivity contribution in [2.24, 2.45) is 0 Å². The molecule has 3 rings (SSSR count). The summed E-state index contributed by atoms with van der Waals surface area (Å²) in [4.78, 5) is 40.8. The van der Waals surface area contributed by atoms with Gasteiger partial charge in [-0.1, -0.05) is 41.9 Å². The van der Waals surface area contributed by atoms with Crippen molar-refractivity contribution >= 4 is 38.9 Å². The molecule has 31 heavy (non-hydrogen) atoms. The van der Waals surface area contributed by atoms with Crippen molar-refractivity contribution in [3.8, 4) is 0 Å². The molecule has 0 fully saturated rings. The van der Waals surface area contributed by atoms with E-state index >= 15 is 0 Å². The highest BCUT2D eigenvalue weighted by Crippen LogP contribution is 2.25. The van der Waals surface area contributed by atoms with Crippen LogP contribution in [0.15, 0.2) is 63.0 Å². The lowest BCUT2D eigenvalue weighted by Crippen LogP contribution is -2.39. The van der Waals surface area contributed by atoms with Crippen molar-refractivity contribution in [2.75, 3.05) is 23.9 Å². The number of nitrogens with zero attached hydrogens (tertiary/aromatic N) is 2. The highest BCUT2D eigenvalue weighted by molar-refractivity contribution is 7.90. The van der Waals surface area contributed by atoms with Crippen LogP contribution in [-0.4, -0.2) is 37.2 Å². The number of rotatable bonds is 5. The smallest absolute Gasteiger partial charge is 0.330 e. The van der Waals surface area contributed by atoms with Crippen LogP contribution < -0.4 is 21.9 Å². The molecule has 0 saturated carbocycles. The van der Waals surface area contributed by atoms with E-state index in [9.17, 15) is 22.8 Å². The molecule has 11 heteroatoms. The number of amides is 1. The Bertz CT molecular complexity index is 1380. The number of carbonyl (C=O) groups is 1. The Morgan fingerprint density at radius 1 is 1.16 bits per heavy atom. The molecule has 2 aromatic carbocycles. The zero-order valence-electron chi connectivity index (χ0n) is 16.6. The predicted octanol–water partition coefficient (Wildman–Crippen LogP) is 1.50. The molecule has 0 atom stereocenters. The lowest BCUT2D eigenvalue weighted by atomic mass is 10.2. The van der Waals surface area contributed by atoms with Crippen molar-refractivity contribution in [2.45, 2.75) is 11.4 Å². The van der Waals surface area contributed by atoms with E-state index in [1.165, 1.54) is 19.2 Å². The van der Waals surface area contributed by atoms with Gasteiger partial charge >= 0.3 is 5.69 Å². The minimum atomic E-state index is -3.60. The molecule has 0 saturated heterocycles. The third-order valence-electron chi connectivity index (χ3n) is 4.63. The molecule has 162 valence electrons. The lowest BCUT2D eigenvalue weighted by Gasteiger charge is -2.21. The number of nitrogen functional groups attached to an aromatic ring is 1. The Balaban J connectivity index is 2.09. The number of benzene rings is 2. The minimum absolute atomic E-state index is 0.00291. The van der Waals surface area contributed by atoms with Crippen molar-refractivity contribution in [3.63, 3.8) is 0 Å². The molecule has 0 unspecified atom stereocenters. The van der Waals surface area contributed by atoms with Crippen LogP contribution in [0.3, 0.4) is 0 Å². The summed E-state index contributed by atoms with van der Waals surface area (Å²) < 4.78 is 24.8. The molecular formula is C20H19ClN4O5S. The molecule has 0 spiro atoms. The Hall–Kier alpha value is -3.37. The average molecular weight is 463 g/mol. The number of nitrogens with one attached hydrogen (secondary N) is 1. The first-order valence-corrected chi connectivity index (χ1v) is 11.2. The number of hydrogen-bond acceptors (Lipinski definition) is 6. The number of carbonyl (C=O) groups excluding carboxylic acids is 1. The van der Waals surface area contributed by atoms with Crippen LogP contribution in [0.1, 0.15) is 15.9 Å². The second kappa shape index (κ2) is 8.40. The lowest BCUT2D eigenvalue weighted by molar-refractivity contribution is 0.0992. The van der Waals surface area contributed by atoms with Crippen LogP contribution >= 0.6 is 11.6 Å². The molecular weight excluding hydrogens is 444 g/mol. The minimum Gasteiger partial charge on any atom is -0.383 e. The van der Waals surface area contributed by atoms with Crippen LogP contribution in [0.4, 0.5) is 11.5 Å². The van der Waals surface area contributed by atoms with Gasteiger partial charge in [-0.15, -0.1) is 0 Å². The second-order valence-electron chi connectivity index (χ2n) is 6.84. The Kier molecular flexibility index (Phi) is 6.05. The number of sulfone groups is 1. The topological polar surface area (TPSA) is 135 Å². The van der Waals surface area contributed by atoms with Gasteiger partial charge in [0.15, 0.2) is 15.5 Å². The number of anilines is 2. The molecule has 3 N–H and O–H groups in total. The van der Waals surface area contributed by atoms with Crippen LogP contribution in [-0.2, 0) is 16.4 Å². The Labute approximate surface area is 182 Å². The molecule has 0 aliphatic carbocycles. The molecule has 0 aliphatic heterocycles. The maximum Gasteiger partial charge on any atom is 0.330 e. The van der Waals surface area contributed by atoms with E-state index < -0.39 is 27.0 Å². The predicted molar refractivity (Wildman–Crippen MR) is 119 cm³/mol. The van der Waals surface area contributed by atoms with Gasteiger partial charge in [-0.2, -0.15) is 0 Å².